The minimum Gasteiger partial charge on any atom is -0.192 e. The van der Waals surface area contributed by atoms with Crippen LogP contribution in [0.5, 0.6) is 0 Å². The van der Waals surface area contributed by atoms with Gasteiger partial charge in [-0.25, -0.2) is 0 Å². The van der Waals surface area contributed by atoms with Crippen molar-refractivity contribution in [1.29, 1.82) is 5.26 Å². The van der Waals surface area contributed by atoms with Gasteiger partial charge in [0.15, 0.2) is 0 Å². The lowest BCUT2D eigenvalue weighted by Crippen LogP contribution is -1.81. The Kier molecular flexibility index (Phi) is 1.73. The molecule has 0 N–H and O–H groups in total. The molecule has 0 fully saturated rings. The third-order valence-electron chi connectivity index (χ3n) is 1.41. The quantitative estimate of drug-likeness (QED) is 0.527. The summed E-state index contributed by atoms with van der Waals surface area (Å²) in [6.45, 7) is 5.66. The van der Waals surface area contributed by atoms with E-state index in [9.17, 15) is 0 Å². The molecule has 0 aliphatic heterocycles. The van der Waals surface area contributed by atoms with Crippen LogP contribution in [0.25, 0.3) is 0 Å². The zero-order valence-electron chi connectivity index (χ0n) is 5.89. The van der Waals surface area contributed by atoms with Crippen molar-refractivity contribution in [3.05, 3.63) is 41.8 Å². The summed E-state index contributed by atoms with van der Waals surface area (Å²) in [5.41, 5.74) is 2.68. The molecular formula is C9H8N. The molecule has 0 saturated heterocycles. The summed E-state index contributed by atoms with van der Waals surface area (Å²) in [4.78, 5) is 0. The van der Waals surface area contributed by atoms with Gasteiger partial charge in [-0.15, -0.1) is 0 Å². The van der Waals surface area contributed by atoms with E-state index in [1.165, 1.54) is 0 Å². The highest BCUT2D eigenvalue weighted by Crippen LogP contribution is 2.08. The van der Waals surface area contributed by atoms with Gasteiger partial charge < -0.3 is 0 Å². The molecule has 0 spiro atoms. The third kappa shape index (κ3) is 1.16. The van der Waals surface area contributed by atoms with Gasteiger partial charge in [-0.3, -0.25) is 0 Å². The van der Waals surface area contributed by atoms with Crippen molar-refractivity contribution in [3.63, 3.8) is 0 Å². The fourth-order valence-corrected chi connectivity index (χ4v) is 0.851. The summed E-state index contributed by atoms with van der Waals surface area (Å²) >= 11 is 0. The number of aryl methyl sites for hydroxylation is 1. The molecule has 1 aromatic rings. The van der Waals surface area contributed by atoms with Gasteiger partial charge in [-0.2, -0.15) is 5.26 Å². The van der Waals surface area contributed by atoms with Gasteiger partial charge in [0.25, 0.3) is 0 Å². The molecule has 0 saturated carbocycles. The molecule has 0 unspecified atom stereocenters. The first kappa shape index (κ1) is 6.82. The van der Waals surface area contributed by atoms with Gasteiger partial charge in [0, 0.05) is 0 Å². The zero-order chi connectivity index (χ0) is 7.56. The van der Waals surface area contributed by atoms with Crippen LogP contribution in [0.3, 0.4) is 0 Å². The summed E-state index contributed by atoms with van der Waals surface area (Å²) < 4.78 is 0. The highest BCUT2D eigenvalue weighted by molar-refractivity contribution is 5.39. The molecule has 1 nitrogen and oxygen atoms in total. The van der Waals surface area contributed by atoms with Crippen LogP contribution in [0.2, 0.25) is 0 Å². The van der Waals surface area contributed by atoms with Crippen LogP contribution >= 0.6 is 0 Å². The Hall–Kier alpha value is -1.29. The summed E-state index contributed by atoms with van der Waals surface area (Å²) in [5.74, 6) is 0. The smallest absolute Gasteiger partial charge is 0.0994 e. The molecule has 0 aliphatic carbocycles. The van der Waals surface area contributed by atoms with Crippen molar-refractivity contribution in [3.8, 4) is 6.07 Å². The first-order valence-electron chi connectivity index (χ1n) is 3.07. The summed E-state index contributed by atoms with van der Waals surface area (Å²) in [6.07, 6.45) is 0. The predicted octanol–water partition coefficient (Wildman–Crippen LogP) is 2.05. The largest absolute Gasteiger partial charge is 0.192 e. The van der Waals surface area contributed by atoms with E-state index in [1.807, 2.05) is 19.1 Å². The molecule has 1 radical (unpaired) electrons. The van der Waals surface area contributed by atoms with Crippen LogP contribution in [0.4, 0.5) is 0 Å². The van der Waals surface area contributed by atoms with E-state index in [4.69, 9.17) is 5.26 Å². The van der Waals surface area contributed by atoms with Crippen LogP contribution < -0.4 is 0 Å². The average molecular weight is 130 g/mol. The fraction of sp³-hybridized carbons (Fsp3) is 0.111. The highest BCUT2D eigenvalue weighted by Gasteiger charge is 1.93. The maximum Gasteiger partial charge on any atom is 0.0994 e. The zero-order valence-corrected chi connectivity index (χ0v) is 5.89. The van der Waals surface area contributed by atoms with E-state index in [-0.39, 0.29) is 0 Å². The van der Waals surface area contributed by atoms with Crippen LogP contribution in [-0.4, -0.2) is 0 Å². The predicted molar refractivity (Wildman–Crippen MR) is 40.4 cm³/mol. The van der Waals surface area contributed by atoms with Crippen molar-refractivity contribution >= 4 is 0 Å². The molecule has 0 aliphatic rings. The second kappa shape index (κ2) is 2.53. The van der Waals surface area contributed by atoms with E-state index in [0.717, 1.165) is 16.7 Å². The average Bonchev–Trinajstić information content (AvgIpc) is 1.88. The van der Waals surface area contributed by atoms with Crippen LogP contribution in [0.1, 0.15) is 16.7 Å². The number of benzene rings is 1. The molecule has 0 bridgehead atoms. The van der Waals surface area contributed by atoms with Gasteiger partial charge in [-0.05, 0) is 31.0 Å². The molecule has 49 valence electrons. The maximum atomic E-state index is 8.54. The first-order chi connectivity index (χ1) is 4.74. The lowest BCUT2D eigenvalue weighted by atomic mass is 10.1. The fourth-order valence-electron chi connectivity index (χ4n) is 0.851. The Bertz CT molecular complexity index is 281. The van der Waals surface area contributed by atoms with Gasteiger partial charge in [0.05, 0.1) is 11.6 Å². The van der Waals surface area contributed by atoms with E-state index in [1.54, 1.807) is 6.07 Å². The maximum absolute atomic E-state index is 8.54. The molecule has 10 heavy (non-hydrogen) atoms. The molecule has 1 rings (SSSR count). The van der Waals surface area contributed by atoms with Gasteiger partial charge in [-0.1, -0.05) is 12.1 Å². The molecular weight excluding hydrogens is 122 g/mol. The normalized spacial score (nSPS) is 8.90. The number of hydrogen-bond donors (Lipinski definition) is 0. The Morgan fingerprint density at radius 1 is 1.50 bits per heavy atom. The van der Waals surface area contributed by atoms with Crippen molar-refractivity contribution in [2.45, 2.75) is 6.92 Å². The SMILES string of the molecule is [CH2]c1ccc(C#N)c(C)c1. The monoisotopic (exact) mass is 130 g/mol. The van der Waals surface area contributed by atoms with Crippen LogP contribution in [0.15, 0.2) is 18.2 Å². The van der Waals surface area contributed by atoms with Gasteiger partial charge in [0.1, 0.15) is 0 Å². The van der Waals surface area contributed by atoms with Gasteiger partial charge >= 0.3 is 0 Å². The molecule has 0 heterocycles. The van der Waals surface area contributed by atoms with E-state index < -0.39 is 0 Å². The second-order valence-electron chi connectivity index (χ2n) is 2.26. The number of nitrogens with zero attached hydrogens (tertiary/aromatic N) is 1. The van der Waals surface area contributed by atoms with Crippen molar-refractivity contribution in [2.24, 2.45) is 0 Å². The topological polar surface area (TPSA) is 23.8 Å². The minimum absolute atomic E-state index is 0.729. The van der Waals surface area contributed by atoms with Crippen molar-refractivity contribution < 1.29 is 0 Å². The van der Waals surface area contributed by atoms with E-state index in [2.05, 4.69) is 13.0 Å². The Labute approximate surface area is 60.9 Å². The molecule has 0 aromatic heterocycles. The lowest BCUT2D eigenvalue weighted by Gasteiger charge is -1.96. The Balaban J connectivity index is 3.23. The Morgan fingerprint density at radius 3 is 2.70 bits per heavy atom. The first-order valence-corrected chi connectivity index (χ1v) is 3.07. The molecule has 0 atom stereocenters. The lowest BCUT2D eigenvalue weighted by molar-refractivity contribution is 1.38. The summed E-state index contributed by atoms with van der Waals surface area (Å²) in [7, 11) is 0. The van der Waals surface area contributed by atoms with Gasteiger partial charge in [0.2, 0.25) is 0 Å². The minimum atomic E-state index is 0.729. The second-order valence-corrected chi connectivity index (χ2v) is 2.26. The number of nitriles is 1. The van der Waals surface area contributed by atoms with Crippen molar-refractivity contribution in [2.75, 3.05) is 0 Å². The number of rotatable bonds is 0. The van der Waals surface area contributed by atoms with Crippen LogP contribution in [0, 0.1) is 25.2 Å². The highest BCUT2D eigenvalue weighted by atomic mass is 14.2. The standard InChI is InChI=1S/C9H8N/c1-7-3-4-9(6-10)8(2)5-7/h3-5H,1H2,2H3. The molecule has 1 aromatic carbocycles. The Morgan fingerprint density at radius 2 is 2.20 bits per heavy atom. The number of hydrogen-bond acceptors (Lipinski definition) is 1. The van der Waals surface area contributed by atoms with Crippen molar-refractivity contribution in [1.82, 2.24) is 0 Å². The molecule has 1 heteroatoms. The third-order valence-corrected chi connectivity index (χ3v) is 1.41. The summed E-state index contributed by atoms with van der Waals surface area (Å²) in [6, 6.07) is 7.62. The van der Waals surface area contributed by atoms with E-state index in [0.29, 0.717) is 0 Å². The molecule has 0 amide bonds. The van der Waals surface area contributed by atoms with E-state index >= 15 is 0 Å². The summed E-state index contributed by atoms with van der Waals surface area (Å²) in [5, 5.41) is 8.54. The van der Waals surface area contributed by atoms with Crippen LogP contribution in [-0.2, 0) is 0 Å².